The fourth-order valence-electron chi connectivity index (χ4n) is 2.27. The quantitative estimate of drug-likeness (QED) is 0.294. The van der Waals surface area contributed by atoms with Crippen molar-refractivity contribution < 1.29 is 13.6 Å². The summed E-state index contributed by atoms with van der Waals surface area (Å²) >= 11 is 6.97. The lowest BCUT2D eigenvalue weighted by Gasteiger charge is -2.14. The molecule has 128 valence electrons. The summed E-state index contributed by atoms with van der Waals surface area (Å²) in [4.78, 5) is 16.4. The minimum absolute atomic E-state index is 0.0606. The molecule has 0 saturated carbocycles. The number of aromatic nitrogens is 3. The van der Waals surface area contributed by atoms with Gasteiger partial charge in [0.25, 0.3) is 0 Å². The lowest BCUT2D eigenvalue weighted by Crippen LogP contribution is -2.10. The summed E-state index contributed by atoms with van der Waals surface area (Å²) in [5.74, 6) is -2.90. The molecule has 0 radical (unpaired) electrons. The Morgan fingerprint density at radius 1 is 1.24 bits per heavy atom. The molecule has 0 atom stereocenters. The van der Waals surface area contributed by atoms with Crippen molar-refractivity contribution >= 4 is 52.0 Å². The maximum atomic E-state index is 14.4. The number of carbonyl (C=O) groups excluding carboxylic acids is 1. The zero-order chi connectivity index (χ0) is 18.1. The Bertz CT molecular complexity index is 1030. The van der Waals surface area contributed by atoms with E-state index < -0.39 is 17.4 Å². The van der Waals surface area contributed by atoms with Crippen molar-refractivity contribution in [3.63, 3.8) is 0 Å². The van der Waals surface area contributed by atoms with Crippen LogP contribution in [0.3, 0.4) is 0 Å². The number of rotatable bonds is 4. The first-order chi connectivity index (χ1) is 11.9. The average Bonchev–Trinajstić information content (AvgIpc) is 3.00. The second-order valence-electron chi connectivity index (χ2n) is 5.21. The van der Waals surface area contributed by atoms with Gasteiger partial charge >= 0.3 is 0 Å². The van der Waals surface area contributed by atoms with Crippen LogP contribution >= 0.6 is 34.8 Å². The summed E-state index contributed by atoms with van der Waals surface area (Å²) in [6.07, 6.45) is 0. The highest BCUT2D eigenvalue weighted by Gasteiger charge is 2.22. The van der Waals surface area contributed by atoms with Crippen LogP contribution in [-0.2, 0) is 0 Å². The van der Waals surface area contributed by atoms with E-state index in [1.54, 1.807) is 6.07 Å². The number of H-pyrrole nitrogens is 2. The summed E-state index contributed by atoms with van der Waals surface area (Å²) < 4.78 is 29.2. The van der Waals surface area contributed by atoms with E-state index in [0.717, 1.165) is 15.2 Å². The Kier molecular flexibility index (Phi) is 4.95. The number of anilines is 2. The number of hydrogen-bond acceptors (Lipinski definition) is 4. The lowest BCUT2D eigenvalue weighted by atomic mass is 10.1. The lowest BCUT2D eigenvalue weighted by molar-refractivity contribution is 0.103. The second-order valence-corrected chi connectivity index (χ2v) is 6.85. The number of hydrogen-bond donors (Lipinski definition) is 3. The molecule has 0 aliphatic carbocycles. The molecule has 0 saturated heterocycles. The highest BCUT2D eigenvalue weighted by Crippen LogP contribution is 2.29. The van der Waals surface area contributed by atoms with E-state index in [-0.39, 0.29) is 21.8 Å². The number of aromatic amines is 2. The van der Waals surface area contributed by atoms with Crippen LogP contribution in [0.5, 0.6) is 0 Å². The van der Waals surface area contributed by atoms with E-state index in [1.807, 2.05) is 19.1 Å². The molecule has 9 heteroatoms. The van der Waals surface area contributed by atoms with Crippen molar-refractivity contribution in [1.29, 1.82) is 0 Å². The fraction of sp³-hybridized carbons (Fsp3) is 0.0625. The zero-order valence-electron chi connectivity index (χ0n) is 12.8. The van der Waals surface area contributed by atoms with E-state index in [4.69, 9.17) is 12.2 Å². The third-order valence-electron chi connectivity index (χ3n) is 3.50. The predicted molar refractivity (Wildman–Crippen MR) is 101 cm³/mol. The predicted octanol–water partition coefficient (Wildman–Crippen LogP) is 4.63. The molecule has 2 aromatic carbocycles. The largest absolute Gasteiger partial charge is 0.352 e. The molecular weight excluding hydrogens is 461 g/mol. The van der Waals surface area contributed by atoms with E-state index in [0.29, 0.717) is 5.69 Å². The first-order valence-electron chi connectivity index (χ1n) is 7.07. The number of carbonyl (C=O) groups is 1. The third kappa shape index (κ3) is 3.61. The van der Waals surface area contributed by atoms with Gasteiger partial charge < -0.3 is 5.32 Å². The van der Waals surface area contributed by atoms with Crippen LogP contribution in [0.25, 0.3) is 0 Å². The zero-order valence-corrected chi connectivity index (χ0v) is 15.8. The number of benzene rings is 2. The summed E-state index contributed by atoms with van der Waals surface area (Å²) in [6, 6.07) is 7.54. The van der Waals surface area contributed by atoms with Gasteiger partial charge in [-0.25, -0.2) is 8.78 Å². The van der Waals surface area contributed by atoms with Crippen molar-refractivity contribution in [3.8, 4) is 0 Å². The monoisotopic (exact) mass is 472 g/mol. The van der Waals surface area contributed by atoms with Gasteiger partial charge in [-0.15, -0.1) is 0 Å². The average molecular weight is 472 g/mol. The minimum atomic E-state index is -1.14. The molecule has 0 unspecified atom stereocenters. The van der Waals surface area contributed by atoms with E-state index in [1.165, 1.54) is 6.07 Å². The van der Waals surface area contributed by atoms with Crippen LogP contribution in [-0.4, -0.2) is 21.0 Å². The van der Waals surface area contributed by atoms with Crippen molar-refractivity contribution in [2.75, 3.05) is 5.32 Å². The molecule has 3 N–H and O–H groups in total. The molecule has 0 spiro atoms. The summed E-state index contributed by atoms with van der Waals surface area (Å²) in [6.45, 7) is 1.83. The standard InChI is InChI=1S/C16H11F2IN4OS/c1-7-6-8(19)2-5-11(7)20-13-9(3-4-10(17)12(13)18)14(24)15-21-16(25)23-22-15/h2-6,20H,1H3,(H2,21,22,23,25). The third-order valence-corrected chi connectivity index (χ3v) is 4.37. The van der Waals surface area contributed by atoms with Crippen LogP contribution in [0.4, 0.5) is 20.2 Å². The molecule has 0 amide bonds. The molecular formula is C16H11F2IN4OS. The number of ketones is 1. The van der Waals surface area contributed by atoms with Crippen molar-refractivity contribution in [1.82, 2.24) is 15.2 Å². The van der Waals surface area contributed by atoms with Crippen molar-refractivity contribution in [2.45, 2.75) is 6.92 Å². The van der Waals surface area contributed by atoms with Gasteiger partial charge in [-0.3, -0.25) is 15.0 Å². The molecule has 3 aromatic rings. The number of halogens is 3. The summed E-state index contributed by atoms with van der Waals surface area (Å²) in [7, 11) is 0. The topological polar surface area (TPSA) is 73.6 Å². The normalized spacial score (nSPS) is 10.7. The van der Waals surface area contributed by atoms with Gasteiger partial charge in [0.15, 0.2) is 17.5 Å². The van der Waals surface area contributed by atoms with Gasteiger partial charge in [0.05, 0.1) is 11.3 Å². The first kappa shape index (κ1) is 17.7. The van der Waals surface area contributed by atoms with Gasteiger partial charge in [0.1, 0.15) is 0 Å². The Hall–Kier alpha value is -2.14. The number of nitrogens with one attached hydrogen (secondary N) is 3. The van der Waals surface area contributed by atoms with E-state index in [2.05, 4.69) is 43.1 Å². The Morgan fingerprint density at radius 3 is 2.64 bits per heavy atom. The summed E-state index contributed by atoms with van der Waals surface area (Å²) in [5, 5.41) is 7.83. The molecule has 0 aliphatic rings. The van der Waals surface area contributed by atoms with Crippen LogP contribution in [0.2, 0.25) is 0 Å². The highest BCUT2D eigenvalue weighted by molar-refractivity contribution is 14.1. The molecule has 0 fully saturated rings. The molecule has 0 aliphatic heterocycles. The number of aryl methyl sites for hydroxylation is 1. The van der Waals surface area contributed by atoms with Crippen LogP contribution in [0.1, 0.15) is 21.7 Å². The van der Waals surface area contributed by atoms with Gasteiger partial charge in [-0.1, -0.05) is 0 Å². The van der Waals surface area contributed by atoms with Gasteiger partial charge in [0, 0.05) is 9.26 Å². The molecule has 25 heavy (non-hydrogen) atoms. The van der Waals surface area contributed by atoms with Crippen LogP contribution in [0, 0.1) is 26.9 Å². The minimum Gasteiger partial charge on any atom is -0.352 e. The van der Waals surface area contributed by atoms with Gasteiger partial charge in [0.2, 0.25) is 10.6 Å². The Balaban J connectivity index is 2.10. The maximum Gasteiger partial charge on any atom is 0.231 e. The van der Waals surface area contributed by atoms with Crippen LogP contribution < -0.4 is 5.32 Å². The fourth-order valence-corrected chi connectivity index (χ4v) is 3.06. The molecule has 3 rings (SSSR count). The highest BCUT2D eigenvalue weighted by atomic mass is 127. The van der Waals surface area contributed by atoms with Crippen molar-refractivity contribution in [3.05, 3.63) is 67.3 Å². The second kappa shape index (κ2) is 7.00. The molecule has 0 bridgehead atoms. The Morgan fingerprint density at radius 2 is 2.00 bits per heavy atom. The smallest absolute Gasteiger partial charge is 0.231 e. The SMILES string of the molecule is Cc1cc(I)ccc1Nc1c(C(=O)c2nc(=S)[nH][nH]2)ccc(F)c1F. The molecule has 1 aromatic heterocycles. The molecule has 5 nitrogen and oxygen atoms in total. The maximum absolute atomic E-state index is 14.4. The van der Waals surface area contributed by atoms with E-state index in [9.17, 15) is 13.6 Å². The van der Waals surface area contributed by atoms with Crippen molar-refractivity contribution in [2.24, 2.45) is 0 Å². The first-order valence-corrected chi connectivity index (χ1v) is 8.56. The summed E-state index contributed by atoms with van der Waals surface area (Å²) in [5.41, 5.74) is 1.08. The number of nitrogens with zero attached hydrogens (tertiary/aromatic N) is 1. The Labute approximate surface area is 160 Å². The van der Waals surface area contributed by atoms with Gasteiger partial charge in [-0.2, -0.15) is 4.98 Å². The van der Waals surface area contributed by atoms with Gasteiger partial charge in [-0.05, 0) is 77.6 Å². The molecule has 1 heterocycles. The van der Waals surface area contributed by atoms with E-state index >= 15 is 0 Å². The van der Waals surface area contributed by atoms with Crippen LogP contribution in [0.15, 0.2) is 30.3 Å².